The lowest BCUT2D eigenvalue weighted by atomic mass is 9.93. The Morgan fingerprint density at radius 3 is 2.96 bits per heavy atom. The predicted octanol–water partition coefficient (Wildman–Crippen LogP) is 0.408. The van der Waals surface area contributed by atoms with Gasteiger partial charge in [0.25, 0.3) is 11.8 Å². The fourth-order valence-electron chi connectivity index (χ4n) is 3.57. The van der Waals surface area contributed by atoms with Crippen LogP contribution in [0, 0.1) is 0 Å². The van der Waals surface area contributed by atoms with Crippen molar-refractivity contribution >= 4 is 27.5 Å². The molecule has 10 nitrogen and oxygen atoms in total. The number of rotatable bonds is 4. The zero-order chi connectivity index (χ0) is 19.9. The Balaban J connectivity index is 1.61. The average molecular weight is 405 g/mol. The van der Waals surface area contributed by atoms with E-state index in [1.165, 1.54) is 28.7 Å². The van der Waals surface area contributed by atoms with Crippen molar-refractivity contribution in [3.8, 4) is 5.75 Å². The summed E-state index contributed by atoms with van der Waals surface area (Å²) >= 11 is 0. The first kappa shape index (κ1) is 18.4. The van der Waals surface area contributed by atoms with Gasteiger partial charge in [-0.3, -0.25) is 14.7 Å². The highest BCUT2D eigenvalue weighted by atomic mass is 32.2. The molecule has 0 spiro atoms. The number of sulfonamides is 1. The van der Waals surface area contributed by atoms with Gasteiger partial charge in [0, 0.05) is 19.0 Å². The number of amides is 2. The molecule has 1 atom stereocenters. The van der Waals surface area contributed by atoms with Crippen molar-refractivity contribution in [3.05, 3.63) is 35.7 Å². The van der Waals surface area contributed by atoms with E-state index in [-0.39, 0.29) is 35.4 Å². The normalized spacial score (nSPS) is 20.1. The molecule has 4 N–H and O–H groups in total. The number of H-pyrrole nitrogens is 1. The lowest BCUT2D eigenvalue weighted by molar-refractivity contribution is -0.118. The minimum atomic E-state index is -3.79. The molecule has 3 heterocycles. The van der Waals surface area contributed by atoms with Crippen LogP contribution < -0.4 is 15.8 Å². The number of benzene rings is 1. The van der Waals surface area contributed by atoms with Crippen LogP contribution in [0.15, 0.2) is 29.3 Å². The molecule has 0 saturated carbocycles. The van der Waals surface area contributed by atoms with Crippen molar-refractivity contribution in [2.75, 3.05) is 25.0 Å². The van der Waals surface area contributed by atoms with Crippen LogP contribution in [0.1, 0.15) is 34.8 Å². The Morgan fingerprint density at radius 1 is 1.36 bits per heavy atom. The first-order valence-electron chi connectivity index (χ1n) is 8.76. The topological polar surface area (TPSA) is 147 Å². The lowest BCUT2D eigenvalue weighted by Crippen LogP contribution is -2.39. The molecule has 2 amide bonds. The summed E-state index contributed by atoms with van der Waals surface area (Å²) in [6.07, 6.45) is 2.70. The van der Waals surface area contributed by atoms with E-state index in [2.05, 4.69) is 15.5 Å². The number of nitrogens with one attached hydrogen (secondary N) is 2. The smallest absolute Gasteiger partial charge is 0.262 e. The second-order valence-corrected chi connectivity index (χ2v) is 8.70. The van der Waals surface area contributed by atoms with Gasteiger partial charge >= 0.3 is 0 Å². The number of hydrogen-bond donors (Lipinski definition) is 3. The summed E-state index contributed by atoms with van der Waals surface area (Å²) < 4.78 is 32.9. The average Bonchev–Trinajstić information content (AvgIpc) is 3.18. The molecule has 0 aliphatic carbocycles. The first-order chi connectivity index (χ1) is 13.4. The molecular weight excluding hydrogens is 386 g/mol. The van der Waals surface area contributed by atoms with Crippen molar-refractivity contribution in [2.45, 2.75) is 23.7 Å². The van der Waals surface area contributed by atoms with Crippen molar-refractivity contribution in [1.82, 2.24) is 14.5 Å². The van der Waals surface area contributed by atoms with Crippen LogP contribution in [0.25, 0.3) is 0 Å². The van der Waals surface area contributed by atoms with Crippen LogP contribution in [0.5, 0.6) is 5.75 Å². The van der Waals surface area contributed by atoms with Crippen LogP contribution in [0.4, 0.5) is 5.69 Å². The van der Waals surface area contributed by atoms with Crippen molar-refractivity contribution < 1.29 is 22.7 Å². The van der Waals surface area contributed by atoms with Crippen LogP contribution in [-0.4, -0.2) is 54.4 Å². The molecule has 2 aliphatic rings. The largest absolute Gasteiger partial charge is 0.482 e. The maximum Gasteiger partial charge on any atom is 0.262 e. The van der Waals surface area contributed by atoms with Crippen molar-refractivity contribution in [3.63, 3.8) is 0 Å². The van der Waals surface area contributed by atoms with Gasteiger partial charge < -0.3 is 15.8 Å². The van der Waals surface area contributed by atoms with Crippen LogP contribution in [0.3, 0.4) is 0 Å². The zero-order valence-corrected chi connectivity index (χ0v) is 15.7. The molecule has 0 unspecified atom stereocenters. The van der Waals surface area contributed by atoms with E-state index in [9.17, 15) is 18.0 Å². The zero-order valence-electron chi connectivity index (χ0n) is 14.8. The number of carbonyl (C=O) groups is 2. The third-order valence-electron chi connectivity index (χ3n) is 4.95. The van der Waals surface area contributed by atoms with Crippen LogP contribution in [0.2, 0.25) is 0 Å². The van der Waals surface area contributed by atoms with E-state index in [0.29, 0.717) is 36.5 Å². The number of aromatic amines is 1. The highest BCUT2D eigenvalue weighted by Gasteiger charge is 2.33. The van der Waals surface area contributed by atoms with E-state index in [0.717, 1.165) is 0 Å². The molecule has 1 aromatic heterocycles. The van der Waals surface area contributed by atoms with Gasteiger partial charge in [-0.05, 0) is 31.0 Å². The number of primary amides is 1. The van der Waals surface area contributed by atoms with E-state index in [1.807, 2.05) is 0 Å². The highest BCUT2D eigenvalue weighted by Crippen LogP contribution is 2.34. The molecule has 0 radical (unpaired) electrons. The monoisotopic (exact) mass is 405 g/mol. The maximum atomic E-state index is 13.1. The van der Waals surface area contributed by atoms with Gasteiger partial charge in [0.15, 0.2) is 6.61 Å². The molecule has 148 valence electrons. The molecular formula is C17H19N5O5S. The first-order valence-corrected chi connectivity index (χ1v) is 10.2. The molecule has 0 bridgehead atoms. The summed E-state index contributed by atoms with van der Waals surface area (Å²) in [5.41, 5.74) is 6.54. The minimum absolute atomic E-state index is 0.0671. The second kappa shape index (κ2) is 6.91. The van der Waals surface area contributed by atoms with E-state index < -0.39 is 15.9 Å². The molecule has 1 saturated heterocycles. The SMILES string of the molecule is NC(=O)c1cn[nH]c1[C@@H]1CCCN(S(=O)(=O)c2ccc3c(c2)NC(=O)CO3)C1. The molecule has 28 heavy (non-hydrogen) atoms. The summed E-state index contributed by atoms with van der Waals surface area (Å²) in [7, 11) is -3.79. The van der Waals surface area contributed by atoms with E-state index in [1.54, 1.807) is 0 Å². The lowest BCUT2D eigenvalue weighted by Gasteiger charge is -2.32. The number of hydrogen-bond acceptors (Lipinski definition) is 6. The molecule has 2 aromatic rings. The van der Waals surface area contributed by atoms with Gasteiger partial charge in [0.1, 0.15) is 5.75 Å². The van der Waals surface area contributed by atoms with Crippen molar-refractivity contribution in [1.29, 1.82) is 0 Å². The third-order valence-corrected chi connectivity index (χ3v) is 6.81. The maximum absolute atomic E-state index is 13.1. The van der Waals surface area contributed by atoms with Gasteiger partial charge in [-0.15, -0.1) is 0 Å². The number of piperidine rings is 1. The fraction of sp³-hybridized carbons (Fsp3) is 0.353. The molecule has 2 aliphatic heterocycles. The second-order valence-electron chi connectivity index (χ2n) is 6.76. The Kier molecular flexibility index (Phi) is 4.55. The Labute approximate surface area is 161 Å². The van der Waals surface area contributed by atoms with Gasteiger partial charge in [-0.1, -0.05) is 0 Å². The summed E-state index contributed by atoms with van der Waals surface area (Å²) in [6.45, 7) is 0.461. The van der Waals surface area contributed by atoms with Crippen molar-refractivity contribution in [2.24, 2.45) is 5.73 Å². The highest BCUT2D eigenvalue weighted by molar-refractivity contribution is 7.89. The summed E-state index contributed by atoms with van der Waals surface area (Å²) in [4.78, 5) is 23.1. The number of carbonyl (C=O) groups excluding carboxylic acids is 2. The van der Waals surface area contributed by atoms with E-state index in [4.69, 9.17) is 10.5 Å². The molecule has 1 fully saturated rings. The summed E-state index contributed by atoms with van der Waals surface area (Å²) in [5, 5.41) is 9.26. The van der Waals surface area contributed by atoms with Crippen LogP contribution in [-0.2, 0) is 14.8 Å². The number of anilines is 1. The Bertz CT molecular complexity index is 1050. The number of ether oxygens (including phenoxy) is 1. The standard InChI is InChI=1S/C17H19N5O5S/c18-17(24)12-7-19-21-16(12)10-2-1-5-22(8-10)28(25,26)11-3-4-14-13(6-11)20-15(23)9-27-14/h3-4,6-7,10H,1-2,5,8-9H2,(H2,18,24)(H,19,21)(H,20,23)/t10-/m1/s1. The van der Waals surface area contributed by atoms with Gasteiger partial charge in [0.05, 0.1) is 28.0 Å². The van der Waals surface area contributed by atoms with Gasteiger partial charge in [-0.2, -0.15) is 9.40 Å². The van der Waals surface area contributed by atoms with Gasteiger partial charge in [-0.25, -0.2) is 8.42 Å². The molecule has 11 heteroatoms. The minimum Gasteiger partial charge on any atom is -0.482 e. The number of nitrogens with zero attached hydrogens (tertiary/aromatic N) is 2. The van der Waals surface area contributed by atoms with Crippen LogP contribution >= 0.6 is 0 Å². The summed E-state index contributed by atoms with van der Waals surface area (Å²) in [6, 6.07) is 4.39. The predicted molar refractivity (Wildman–Crippen MR) is 98.4 cm³/mol. The fourth-order valence-corrected chi connectivity index (χ4v) is 5.12. The Hall–Kier alpha value is -2.92. The molecule has 4 rings (SSSR count). The third kappa shape index (κ3) is 3.22. The quantitative estimate of drug-likeness (QED) is 0.671. The molecule has 1 aromatic carbocycles. The number of fused-ring (bicyclic) bond motifs is 1. The van der Waals surface area contributed by atoms with E-state index >= 15 is 0 Å². The number of nitrogens with two attached hydrogens (primary N) is 1. The number of aromatic nitrogens is 2. The Morgan fingerprint density at radius 2 is 2.18 bits per heavy atom. The van der Waals surface area contributed by atoms with Gasteiger partial charge in [0.2, 0.25) is 10.0 Å². The summed E-state index contributed by atoms with van der Waals surface area (Å²) in [5.74, 6) is -0.722.